The Morgan fingerprint density at radius 3 is 2.90 bits per heavy atom. The molecule has 0 aromatic heterocycles. The van der Waals surface area contributed by atoms with Crippen molar-refractivity contribution in [2.24, 2.45) is 0 Å². The molecule has 0 aromatic rings. The maximum absolute atomic E-state index is 10.5. The zero-order chi connectivity index (χ0) is 7.14. The molecule has 0 saturated carbocycles. The van der Waals surface area contributed by atoms with Crippen LogP contribution in [0.2, 0.25) is 0 Å². The van der Waals surface area contributed by atoms with Gasteiger partial charge in [0, 0.05) is 0 Å². The molecule has 1 unspecified atom stereocenters. The first-order chi connectivity index (χ1) is 4.77. The molecule has 0 bridgehead atoms. The van der Waals surface area contributed by atoms with Gasteiger partial charge in [-0.25, -0.2) is 4.79 Å². The SMILES string of the molecule is O=C1NC[C@H](C2=[P+]([O-])O2)O1. The first-order valence-electron chi connectivity index (χ1n) is 2.74. The van der Waals surface area contributed by atoms with Crippen LogP contribution in [0.1, 0.15) is 0 Å². The molecule has 1 amide bonds. The third-order valence-electron chi connectivity index (χ3n) is 1.28. The molecule has 2 aliphatic heterocycles. The fourth-order valence-corrected chi connectivity index (χ4v) is 1.49. The standard InChI is InChI=1S/C4H4NO4P/c6-4-5-1-2(8-4)3-9-10(3)7/h2H,1H2,(H,5,6)/t2-/m1/s1. The number of alkyl carbamates (subject to hydrolysis) is 1. The van der Waals surface area contributed by atoms with Crippen molar-refractivity contribution in [3.63, 3.8) is 0 Å². The van der Waals surface area contributed by atoms with E-state index in [-0.39, 0.29) is 0 Å². The Hall–Kier alpha value is -0.640. The maximum Gasteiger partial charge on any atom is 0.408 e. The van der Waals surface area contributed by atoms with E-state index in [0.717, 1.165) is 0 Å². The van der Waals surface area contributed by atoms with Gasteiger partial charge in [0.05, 0.1) is 6.54 Å². The van der Waals surface area contributed by atoms with Crippen LogP contribution in [0, 0.1) is 0 Å². The van der Waals surface area contributed by atoms with Gasteiger partial charge in [-0.2, -0.15) is 0 Å². The van der Waals surface area contributed by atoms with Crippen LogP contribution in [0.5, 0.6) is 0 Å². The summed E-state index contributed by atoms with van der Waals surface area (Å²) in [5.41, 5.74) is 0.397. The number of amides is 1. The van der Waals surface area contributed by atoms with E-state index in [0.29, 0.717) is 12.0 Å². The number of carbonyl (C=O) groups is 1. The fourth-order valence-electron chi connectivity index (χ4n) is 0.767. The molecule has 0 aliphatic carbocycles. The molecule has 6 heteroatoms. The summed E-state index contributed by atoms with van der Waals surface area (Å²) >= 11 is 0. The Bertz CT molecular complexity index is 225. The zero-order valence-electron chi connectivity index (χ0n) is 4.86. The molecule has 10 heavy (non-hydrogen) atoms. The van der Waals surface area contributed by atoms with E-state index in [1.807, 2.05) is 0 Å². The van der Waals surface area contributed by atoms with Crippen molar-refractivity contribution < 1.29 is 18.9 Å². The second kappa shape index (κ2) is 1.92. The molecular formula is C4H4NO4P. The van der Waals surface area contributed by atoms with Crippen LogP contribution < -0.4 is 10.2 Å². The van der Waals surface area contributed by atoms with E-state index in [2.05, 4.69) is 14.6 Å². The second-order valence-electron chi connectivity index (χ2n) is 1.96. The summed E-state index contributed by atoms with van der Waals surface area (Å²) in [5, 5.41) is 2.42. The number of hydrogen-bond donors (Lipinski definition) is 1. The van der Waals surface area contributed by atoms with Crippen LogP contribution in [0.4, 0.5) is 4.79 Å². The Morgan fingerprint density at radius 1 is 1.80 bits per heavy atom. The topological polar surface area (TPSA) is 73.9 Å². The van der Waals surface area contributed by atoms with Gasteiger partial charge in [0.2, 0.25) is 6.10 Å². The molecule has 0 radical (unpaired) electrons. The summed E-state index contributed by atoms with van der Waals surface area (Å²) in [6, 6.07) is 0. The summed E-state index contributed by atoms with van der Waals surface area (Å²) in [4.78, 5) is 20.8. The Morgan fingerprint density at radius 2 is 2.50 bits per heavy atom. The highest BCUT2D eigenvalue weighted by Crippen LogP contribution is 2.36. The molecule has 1 saturated heterocycles. The Labute approximate surface area is 57.5 Å². The largest absolute Gasteiger partial charge is 0.600 e. The minimum Gasteiger partial charge on any atom is -0.600 e. The van der Waals surface area contributed by atoms with Crippen LogP contribution in [0.15, 0.2) is 0 Å². The Kier molecular flexibility index (Phi) is 1.17. The van der Waals surface area contributed by atoms with Crippen LogP contribution >= 0.6 is 8.00 Å². The second-order valence-corrected chi connectivity index (χ2v) is 3.10. The smallest absolute Gasteiger partial charge is 0.408 e. The highest BCUT2D eigenvalue weighted by molar-refractivity contribution is 7.55. The van der Waals surface area contributed by atoms with Gasteiger partial charge in [0.1, 0.15) is 0 Å². The van der Waals surface area contributed by atoms with Gasteiger partial charge in [0.25, 0.3) is 8.00 Å². The van der Waals surface area contributed by atoms with E-state index in [1.165, 1.54) is 0 Å². The minimum atomic E-state index is -1.61. The van der Waals surface area contributed by atoms with Crippen molar-refractivity contribution in [1.29, 1.82) is 0 Å². The fraction of sp³-hybridized carbons (Fsp3) is 0.500. The Balaban J connectivity index is 2.03. The average Bonchev–Trinajstić information content (AvgIpc) is 2.42. The number of ether oxygens (including phenoxy) is 1. The predicted octanol–water partition coefficient (Wildman–Crippen LogP) is -1.07. The van der Waals surface area contributed by atoms with Gasteiger partial charge in [-0.05, 0) is 0 Å². The summed E-state index contributed by atoms with van der Waals surface area (Å²) in [6.07, 6.45) is -0.896. The molecule has 2 atom stereocenters. The van der Waals surface area contributed by atoms with Gasteiger partial charge in [-0.1, -0.05) is 4.52 Å². The normalized spacial score (nSPS) is 33.7. The molecule has 0 aromatic carbocycles. The molecule has 1 N–H and O–H groups in total. The van der Waals surface area contributed by atoms with E-state index in [1.54, 1.807) is 0 Å². The molecule has 2 rings (SSSR count). The lowest BCUT2D eigenvalue weighted by atomic mass is 10.4. The van der Waals surface area contributed by atoms with Gasteiger partial charge < -0.3 is 14.9 Å². The van der Waals surface area contributed by atoms with Crippen molar-refractivity contribution >= 4 is 19.6 Å². The van der Waals surface area contributed by atoms with Gasteiger partial charge in [-0.15, -0.1) is 0 Å². The third kappa shape index (κ3) is 0.883. The minimum absolute atomic E-state index is 0.370. The first kappa shape index (κ1) is 6.09. The number of hydrogen-bond acceptors (Lipinski definition) is 4. The monoisotopic (exact) mass is 161 g/mol. The number of rotatable bonds is 1. The van der Waals surface area contributed by atoms with Crippen molar-refractivity contribution in [3.8, 4) is 0 Å². The maximum atomic E-state index is 10.5. The molecule has 2 heterocycles. The van der Waals surface area contributed by atoms with E-state index in [9.17, 15) is 9.69 Å². The lowest BCUT2D eigenvalue weighted by molar-refractivity contribution is -0.159. The molecule has 5 nitrogen and oxygen atoms in total. The van der Waals surface area contributed by atoms with Crippen LogP contribution in [-0.2, 0) is 9.26 Å². The third-order valence-corrected chi connectivity index (χ3v) is 2.22. The quantitative estimate of drug-likeness (QED) is 0.497. The van der Waals surface area contributed by atoms with Crippen molar-refractivity contribution in [2.45, 2.75) is 6.10 Å². The highest BCUT2D eigenvalue weighted by atomic mass is 31.1. The van der Waals surface area contributed by atoms with E-state index in [4.69, 9.17) is 0 Å². The van der Waals surface area contributed by atoms with Crippen LogP contribution in [-0.4, -0.2) is 24.2 Å². The summed E-state index contributed by atoms with van der Waals surface area (Å²) in [6.45, 7) is 0.370. The first-order valence-corrected chi connectivity index (χ1v) is 3.91. The van der Waals surface area contributed by atoms with Crippen molar-refractivity contribution in [2.75, 3.05) is 6.54 Å². The summed E-state index contributed by atoms with van der Waals surface area (Å²) in [7, 11) is -1.61. The molecule has 1 fully saturated rings. The average molecular weight is 161 g/mol. The van der Waals surface area contributed by atoms with E-state index >= 15 is 0 Å². The van der Waals surface area contributed by atoms with Crippen molar-refractivity contribution in [1.82, 2.24) is 5.32 Å². The number of nitrogens with one attached hydrogen (secondary N) is 1. The van der Waals surface area contributed by atoms with Crippen LogP contribution in [0.25, 0.3) is 0 Å². The lowest BCUT2D eigenvalue weighted by Crippen LogP contribution is -2.18. The molecular weight excluding hydrogens is 157 g/mol. The van der Waals surface area contributed by atoms with Crippen LogP contribution in [0.3, 0.4) is 0 Å². The van der Waals surface area contributed by atoms with Gasteiger partial charge in [0.15, 0.2) is 0 Å². The number of cyclic esters (lactones) is 1. The van der Waals surface area contributed by atoms with E-state index < -0.39 is 20.2 Å². The predicted molar refractivity (Wildman–Crippen MR) is 31.3 cm³/mol. The molecule has 54 valence electrons. The highest BCUT2D eigenvalue weighted by Gasteiger charge is 2.45. The van der Waals surface area contributed by atoms with Gasteiger partial charge in [-0.3, -0.25) is 0 Å². The molecule has 0 spiro atoms. The van der Waals surface area contributed by atoms with Crippen molar-refractivity contribution in [3.05, 3.63) is 0 Å². The number of carbonyl (C=O) groups excluding carboxylic acids is 1. The summed E-state index contributed by atoms with van der Waals surface area (Å²) in [5.74, 6) is 0. The lowest BCUT2D eigenvalue weighted by Gasteiger charge is -1.91. The molecule has 2 aliphatic rings. The summed E-state index contributed by atoms with van der Waals surface area (Å²) < 4.78 is 9.22. The van der Waals surface area contributed by atoms with Gasteiger partial charge >= 0.3 is 11.6 Å². The zero-order valence-corrected chi connectivity index (χ0v) is 5.76.